The maximum atomic E-state index is 13.9. The molecule has 0 bridgehead atoms. The van der Waals surface area contributed by atoms with Gasteiger partial charge in [0.2, 0.25) is 0 Å². The summed E-state index contributed by atoms with van der Waals surface area (Å²) in [6, 6.07) is 10.5. The van der Waals surface area contributed by atoms with E-state index in [1.807, 2.05) is 55.0 Å². The third kappa shape index (κ3) is 6.13. The third-order valence-electron chi connectivity index (χ3n) is 5.46. The van der Waals surface area contributed by atoms with Gasteiger partial charge in [-0.2, -0.15) is 0 Å². The molecule has 0 atom stereocenters. The molecule has 0 aliphatic heterocycles. The molecule has 2 amide bonds. The molecule has 0 spiro atoms. The van der Waals surface area contributed by atoms with E-state index in [2.05, 4.69) is 32.0 Å². The largest absolute Gasteiger partial charge is 0.453 e. The molecular weight excluding hydrogens is 495 g/mol. The zero-order valence-corrected chi connectivity index (χ0v) is 21.7. The normalized spacial score (nSPS) is 11.0. The van der Waals surface area contributed by atoms with Crippen LogP contribution in [0.15, 0.2) is 55.4 Å². The zero-order valence-electron chi connectivity index (χ0n) is 20.9. The van der Waals surface area contributed by atoms with Gasteiger partial charge >= 0.3 is 6.09 Å². The van der Waals surface area contributed by atoms with Crippen LogP contribution in [-0.2, 0) is 11.3 Å². The van der Waals surface area contributed by atoms with Crippen LogP contribution in [0.5, 0.6) is 0 Å². The smallest absolute Gasteiger partial charge is 0.413 e. The van der Waals surface area contributed by atoms with Crippen molar-refractivity contribution in [2.24, 2.45) is 0 Å². The fraction of sp³-hybridized carbons (Fsp3) is 0.192. The molecule has 0 aliphatic carbocycles. The van der Waals surface area contributed by atoms with Crippen LogP contribution in [-0.4, -0.2) is 52.9 Å². The Hall–Kier alpha value is -4.22. The predicted octanol–water partition coefficient (Wildman–Crippen LogP) is 5.67. The van der Waals surface area contributed by atoms with Gasteiger partial charge in [-0.1, -0.05) is 24.0 Å². The molecular formula is C26H27FN6O3S. The van der Waals surface area contributed by atoms with E-state index < -0.39 is 11.9 Å². The van der Waals surface area contributed by atoms with E-state index in [1.54, 1.807) is 18.3 Å². The van der Waals surface area contributed by atoms with Crippen LogP contribution >= 0.6 is 11.3 Å². The number of aromatic nitrogens is 3. The number of amides is 2. The number of thiazole rings is 1. The van der Waals surface area contributed by atoms with Crippen molar-refractivity contribution in [1.82, 2.24) is 19.7 Å². The van der Waals surface area contributed by atoms with Crippen LogP contribution < -0.4 is 10.6 Å². The van der Waals surface area contributed by atoms with Gasteiger partial charge in [-0.05, 0) is 62.5 Å². The number of anilines is 2. The third-order valence-corrected chi connectivity index (χ3v) is 6.40. The molecule has 9 nitrogen and oxygen atoms in total. The van der Waals surface area contributed by atoms with Crippen LogP contribution in [0.2, 0.25) is 0 Å². The average Bonchev–Trinajstić information content (AvgIpc) is 3.26. The highest BCUT2D eigenvalue weighted by molar-refractivity contribution is 7.19. The van der Waals surface area contributed by atoms with Gasteiger partial charge in [-0.15, -0.1) is 0 Å². The molecule has 37 heavy (non-hydrogen) atoms. The number of methoxy groups -OCH3 is 1. The van der Waals surface area contributed by atoms with E-state index in [0.29, 0.717) is 22.9 Å². The van der Waals surface area contributed by atoms with Gasteiger partial charge < -0.3 is 15.0 Å². The molecule has 4 aromatic rings. The quantitative estimate of drug-likeness (QED) is 0.277. The van der Waals surface area contributed by atoms with Crippen LogP contribution in [0.3, 0.4) is 0 Å². The van der Waals surface area contributed by atoms with Crippen molar-refractivity contribution in [2.45, 2.75) is 13.5 Å². The Morgan fingerprint density at radius 2 is 1.92 bits per heavy atom. The molecule has 2 heterocycles. The van der Waals surface area contributed by atoms with E-state index in [-0.39, 0.29) is 11.5 Å². The summed E-state index contributed by atoms with van der Waals surface area (Å²) in [5.74, 6) is -0.936. The Morgan fingerprint density at radius 1 is 1.19 bits per heavy atom. The van der Waals surface area contributed by atoms with Gasteiger partial charge in [0.25, 0.3) is 5.91 Å². The maximum absolute atomic E-state index is 13.9. The Balaban J connectivity index is 1.52. The molecule has 11 heteroatoms. The van der Waals surface area contributed by atoms with Gasteiger partial charge in [-0.3, -0.25) is 19.9 Å². The number of nitrogens with one attached hydrogen (secondary N) is 3. The Labute approximate surface area is 217 Å². The van der Waals surface area contributed by atoms with E-state index in [1.165, 1.54) is 24.5 Å². The number of hydrogen-bond acceptors (Lipinski definition) is 6. The van der Waals surface area contributed by atoms with Gasteiger partial charge in [0.1, 0.15) is 5.83 Å². The monoisotopic (exact) mass is 522 g/mol. The standard InChI is InChI=1S/C26H27FN6O3S/c1-15-6-7-20(29-24(34)19-9-17(13-32(3)4)8-18(10-19)16(2)27)11-22(15)33-14-21(31-33)23-12-28-25(37-23)30-26(35)36-5/h6-12,14,31H,2,13H2,1,3-5H3,(H,29,34)(H,28,30,35). The maximum Gasteiger partial charge on any atom is 0.413 e. The van der Waals surface area contributed by atoms with E-state index in [9.17, 15) is 14.0 Å². The second-order valence-electron chi connectivity index (χ2n) is 8.69. The molecule has 2 aromatic carbocycles. The molecule has 4 rings (SSSR count). The summed E-state index contributed by atoms with van der Waals surface area (Å²) >= 11 is 1.31. The number of aromatic amines is 1. The summed E-state index contributed by atoms with van der Waals surface area (Å²) < 4.78 is 20.3. The molecule has 0 saturated carbocycles. The Bertz CT molecular complexity index is 1460. The van der Waals surface area contributed by atoms with Crippen molar-refractivity contribution < 1.29 is 18.7 Å². The molecule has 3 N–H and O–H groups in total. The molecule has 0 saturated heterocycles. The molecule has 2 aromatic heterocycles. The van der Waals surface area contributed by atoms with E-state index in [0.717, 1.165) is 27.4 Å². The number of benzene rings is 2. The Kier molecular flexibility index (Phi) is 7.55. The first-order chi connectivity index (χ1) is 17.6. The van der Waals surface area contributed by atoms with Gasteiger partial charge in [0.05, 0.1) is 29.6 Å². The first kappa shape index (κ1) is 25.9. The first-order valence-corrected chi connectivity index (χ1v) is 12.1. The molecule has 0 unspecified atom stereocenters. The first-order valence-electron chi connectivity index (χ1n) is 11.3. The van der Waals surface area contributed by atoms with Gasteiger partial charge in [0.15, 0.2) is 5.13 Å². The summed E-state index contributed by atoms with van der Waals surface area (Å²) in [4.78, 5) is 31.4. The number of hydrogen-bond donors (Lipinski definition) is 3. The van der Waals surface area contributed by atoms with E-state index >= 15 is 0 Å². The van der Waals surface area contributed by atoms with Gasteiger partial charge in [0, 0.05) is 29.6 Å². The van der Waals surface area contributed by atoms with Gasteiger partial charge in [-0.25, -0.2) is 14.2 Å². The number of carbonyl (C=O) groups excluding carboxylic acids is 2. The minimum absolute atomic E-state index is 0.282. The second kappa shape index (κ2) is 10.8. The summed E-state index contributed by atoms with van der Waals surface area (Å²) in [7, 11) is 5.10. The lowest BCUT2D eigenvalue weighted by Gasteiger charge is -2.18. The predicted molar refractivity (Wildman–Crippen MR) is 144 cm³/mol. The highest BCUT2D eigenvalue weighted by Gasteiger charge is 2.15. The fourth-order valence-electron chi connectivity index (χ4n) is 3.68. The number of aryl methyl sites for hydroxylation is 1. The minimum atomic E-state index is -0.590. The lowest BCUT2D eigenvalue weighted by atomic mass is 10.0. The number of rotatable bonds is 8. The van der Waals surface area contributed by atoms with Crippen molar-refractivity contribution in [3.8, 4) is 16.3 Å². The van der Waals surface area contributed by atoms with Crippen molar-refractivity contribution in [3.05, 3.63) is 77.6 Å². The summed E-state index contributed by atoms with van der Waals surface area (Å²) in [5, 5.41) is 9.12. The fourth-order valence-corrected chi connectivity index (χ4v) is 4.45. The van der Waals surface area contributed by atoms with Crippen molar-refractivity contribution in [1.29, 1.82) is 0 Å². The molecule has 192 valence electrons. The highest BCUT2D eigenvalue weighted by Crippen LogP contribution is 2.31. The van der Waals surface area contributed by atoms with Crippen molar-refractivity contribution in [3.63, 3.8) is 0 Å². The minimum Gasteiger partial charge on any atom is -0.453 e. The SMILES string of the molecule is C=C(F)c1cc(CN(C)C)cc(C(=O)Nc2ccc(C)c(-n3cc(-c4cnc(NC(=O)OC)s4)[nH]3)c2)c1. The zero-order chi connectivity index (χ0) is 26.7. The lowest BCUT2D eigenvalue weighted by molar-refractivity contribution is 0.102. The van der Waals surface area contributed by atoms with Crippen LogP contribution in [0.4, 0.5) is 20.0 Å². The Morgan fingerprint density at radius 3 is 2.59 bits per heavy atom. The topological polar surface area (TPSA) is 104 Å². The van der Waals surface area contributed by atoms with Crippen molar-refractivity contribution >= 4 is 40.0 Å². The summed E-state index contributed by atoms with van der Waals surface area (Å²) in [5.41, 5.74) is 4.70. The van der Waals surface area contributed by atoms with Crippen LogP contribution in [0, 0.1) is 6.92 Å². The number of halogens is 1. The molecule has 0 fully saturated rings. The highest BCUT2D eigenvalue weighted by atomic mass is 32.1. The second-order valence-corrected chi connectivity index (χ2v) is 9.72. The van der Waals surface area contributed by atoms with Crippen LogP contribution in [0.1, 0.15) is 27.0 Å². The van der Waals surface area contributed by atoms with Crippen molar-refractivity contribution in [2.75, 3.05) is 31.8 Å². The van der Waals surface area contributed by atoms with Crippen LogP contribution in [0.25, 0.3) is 22.1 Å². The molecule has 0 aliphatic rings. The number of nitrogens with zero attached hydrogens (tertiary/aromatic N) is 3. The summed E-state index contributed by atoms with van der Waals surface area (Å²) in [6.07, 6.45) is 2.97. The van der Waals surface area contributed by atoms with E-state index in [4.69, 9.17) is 0 Å². The average molecular weight is 523 g/mol. The number of carbonyl (C=O) groups is 2. The summed E-state index contributed by atoms with van der Waals surface area (Å²) in [6.45, 7) is 5.90. The number of ether oxygens (including phenoxy) is 1. The molecule has 0 radical (unpaired) electrons. The lowest BCUT2D eigenvalue weighted by Crippen LogP contribution is -2.16. The number of H-pyrrole nitrogens is 1.